The molecule has 1 saturated carbocycles. The van der Waals surface area contributed by atoms with Crippen molar-refractivity contribution in [3.63, 3.8) is 0 Å². The van der Waals surface area contributed by atoms with Gasteiger partial charge in [0.05, 0.1) is 0 Å². The Morgan fingerprint density at radius 1 is 1.19 bits per heavy atom. The second kappa shape index (κ2) is 6.18. The lowest BCUT2D eigenvalue weighted by molar-refractivity contribution is 0.326. The van der Waals surface area contributed by atoms with Crippen molar-refractivity contribution in [3.05, 3.63) is 11.4 Å². The Balaban J connectivity index is 1.72. The molecule has 116 valence electrons. The van der Waals surface area contributed by atoms with Gasteiger partial charge in [0.25, 0.3) is 0 Å². The highest BCUT2D eigenvalue weighted by Crippen LogP contribution is 2.31. The minimum Gasteiger partial charge on any atom is -0.373 e. The molecule has 1 atom stereocenters. The summed E-state index contributed by atoms with van der Waals surface area (Å²) in [7, 11) is 1.93. The van der Waals surface area contributed by atoms with Gasteiger partial charge in [0.2, 0.25) is 0 Å². The molecule has 5 nitrogen and oxygen atoms in total. The fourth-order valence-electron chi connectivity index (χ4n) is 3.15. The highest BCUT2D eigenvalue weighted by molar-refractivity contribution is 5.57. The summed E-state index contributed by atoms with van der Waals surface area (Å²) >= 11 is 0. The molecular formula is C16H27N5. The Bertz CT molecular complexity index is 498. The van der Waals surface area contributed by atoms with E-state index in [-0.39, 0.29) is 0 Å². The SMILES string of the molecule is CCCc1nc(NC)c(C)c(NC2CCN(C3CC3)C2)n1. The number of hydrogen-bond acceptors (Lipinski definition) is 5. The van der Waals surface area contributed by atoms with Crippen LogP contribution in [0, 0.1) is 6.92 Å². The first kappa shape index (κ1) is 14.6. The lowest BCUT2D eigenvalue weighted by Gasteiger charge is -2.19. The van der Waals surface area contributed by atoms with Crippen molar-refractivity contribution in [2.75, 3.05) is 30.8 Å². The van der Waals surface area contributed by atoms with Crippen LogP contribution in [-0.4, -0.2) is 47.1 Å². The number of aryl methyl sites for hydroxylation is 1. The normalized spacial score (nSPS) is 22.5. The molecule has 5 heteroatoms. The van der Waals surface area contributed by atoms with Gasteiger partial charge in [-0.1, -0.05) is 6.92 Å². The van der Waals surface area contributed by atoms with E-state index in [2.05, 4.69) is 34.4 Å². The van der Waals surface area contributed by atoms with E-state index in [4.69, 9.17) is 4.98 Å². The van der Waals surface area contributed by atoms with Crippen LogP contribution in [0.15, 0.2) is 0 Å². The molecule has 0 bridgehead atoms. The number of hydrogen-bond donors (Lipinski definition) is 2. The van der Waals surface area contributed by atoms with Crippen LogP contribution in [0.5, 0.6) is 0 Å². The molecule has 0 spiro atoms. The van der Waals surface area contributed by atoms with E-state index in [1.54, 1.807) is 0 Å². The number of nitrogens with zero attached hydrogens (tertiary/aromatic N) is 3. The number of anilines is 2. The Kier molecular flexibility index (Phi) is 4.29. The van der Waals surface area contributed by atoms with Gasteiger partial charge in [0.1, 0.15) is 17.5 Å². The van der Waals surface area contributed by atoms with Crippen LogP contribution < -0.4 is 10.6 Å². The maximum atomic E-state index is 4.74. The molecule has 1 aromatic heterocycles. The number of rotatable bonds is 6. The van der Waals surface area contributed by atoms with Crippen molar-refractivity contribution >= 4 is 11.6 Å². The smallest absolute Gasteiger partial charge is 0.135 e. The summed E-state index contributed by atoms with van der Waals surface area (Å²) in [6.07, 6.45) is 6.01. The van der Waals surface area contributed by atoms with Crippen LogP contribution in [0.3, 0.4) is 0 Å². The predicted octanol–water partition coefficient (Wildman–Crippen LogP) is 2.43. The molecule has 1 unspecified atom stereocenters. The number of likely N-dealkylation sites (tertiary alicyclic amines) is 1. The summed E-state index contributed by atoms with van der Waals surface area (Å²) in [6.45, 7) is 6.65. The Hall–Kier alpha value is -1.36. The molecule has 2 heterocycles. The molecule has 3 rings (SSSR count). The molecule has 2 fully saturated rings. The average Bonchev–Trinajstić information content (AvgIpc) is 3.23. The highest BCUT2D eigenvalue weighted by atomic mass is 15.2. The summed E-state index contributed by atoms with van der Waals surface area (Å²) in [4.78, 5) is 12.0. The van der Waals surface area contributed by atoms with Crippen molar-refractivity contribution in [1.82, 2.24) is 14.9 Å². The molecule has 21 heavy (non-hydrogen) atoms. The minimum atomic E-state index is 0.526. The number of aromatic nitrogens is 2. The summed E-state index contributed by atoms with van der Waals surface area (Å²) < 4.78 is 0. The van der Waals surface area contributed by atoms with Crippen LogP contribution in [-0.2, 0) is 6.42 Å². The second-order valence-electron chi connectivity index (χ2n) is 6.32. The third-order valence-electron chi connectivity index (χ3n) is 4.53. The Morgan fingerprint density at radius 3 is 2.62 bits per heavy atom. The predicted molar refractivity (Wildman–Crippen MR) is 86.9 cm³/mol. The van der Waals surface area contributed by atoms with Gasteiger partial charge >= 0.3 is 0 Å². The topological polar surface area (TPSA) is 53.1 Å². The van der Waals surface area contributed by atoms with E-state index in [1.165, 1.54) is 25.8 Å². The fraction of sp³-hybridized carbons (Fsp3) is 0.750. The van der Waals surface area contributed by atoms with Crippen molar-refractivity contribution in [2.24, 2.45) is 0 Å². The van der Waals surface area contributed by atoms with Gasteiger partial charge in [0.15, 0.2) is 0 Å². The van der Waals surface area contributed by atoms with Crippen LogP contribution in [0.25, 0.3) is 0 Å². The fourth-order valence-corrected chi connectivity index (χ4v) is 3.15. The lowest BCUT2D eigenvalue weighted by Crippen LogP contribution is -2.28. The van der Waals surface area contributed by atoms with Gasteiger partial charge in [-0.25, -0.2) is 9.97 Å². The zero-order valence-corrected chi connectivity index (χ0v) is 13.4. The monoisotopic (exact) mass is 289 g/mol. The summed E-state index contributed by atoms with van der Waals surface area (Å²) in [6, 6.07) is 1.39. The molecule has 0 radical (unpaired) electrons. The lowest BCUT2D eigenvalue weighted by atomic mass is 10.2. The maximum Gasteiger partial charge on any atom is 0.135 e. The number of nitrogens with one attached hydrogen (secondary N) is 2. The molecule has 1 aromatic rings. The molecule has 2 aliphatic rings. The zero-order chi connectivity index (χ0) is 14.8. The zero-order valence-electron chi connectivity index (χ0n) is 13.4. The molecule has 1 saturated heterocycles. The molecule has 0 aromatic carbocycles. The highest BCUT2D eigenvalue weighted by Gasteiger charge is 2.34. The van der Waals surface area contributed by atoms with E-state index < -0.39 is 0 Å². The maximum absolute atomic E-state index is 4.74. The first-order chi connectivity index (χ1) is 10.2. The first-order valence-electron chi connectivity index (χ1n) is 8.27. The average molecular weight is 289 g/mol. The standard InChI is InChI=1S/C16H27N5/c1-4-5-14-19-15(17-3)11(2)16(20-14)18-12-8-9-21(10-12)13-6-7-13/h12-13H,4-10H2,1-3H3,(H2,17,18,19,20). The van der Waals surface area contributed by atoms with Gasteiger partial charge in [-0.05, 0) is 32.6 Å². The van der Waals surface area contributed by atoms with Gasteiger partial charge in [-0.15, -0.1) is 0 Å². The van der Waals surface area contributed by atoms with E-state index >= 15 is 0 Å². The van der Waals surface area contributed by atoms with Crippen molar-refractivity contribution in [2.45, 2.75) is 58.0 Å². The van der Waals surface area contributed by atoms with Crippen LogP contribution in [0.2, 0.25) is 0 Å². The third kappa shape index (κ3) is 3.28. The summed E-state index contributed by atoms with van der Waals surface area (Å²) in [5.74, 6) is 2.90. The van der Waals surface area contributed by atoms with E-state index in [0.717, 1.165) is 48.5 Å². The molecule has 2 N–H and O–H groups in total. The van der Waals surface area contributed by atoms with E-state index in [1.807, 2.05) is 7.05 Å². The van der Waals surface area contributed by atoms with Gasteiger partial charge in [-0.3, -0.25) is 4.90 Å². The van der Waals surface area contributed by atoms with Crippen molar-refractivity contribution in [3.8, 4) is 0 Å². The first-order valence-corrected chi connectivity index (χ1v) is 8.27. The van der Waals surface area contributed by atoms with Gasteiger partial charge < -0.3 is 10.6 Å². The van der Waals surface area contributed by atoms with E-state index in [0.29, 0.717) is 6.04 Å². The molecule has 1 aliphatic carbocycles. The Morgan fingerprint density at radius 2 is 1.95 bits per heavy atom. The van der Waals surface area contributed by atoms with E-state index in [9.17, 15) is 0 Å². The van der Waals surface area contributed by atoms with Crippen LogP contribution in [0.1, 0.15) is 44.0 Å². The molecule has 0 amide bonds. The largest absolute Gasteiger partial charge is 0.373 e. The summed E-state index contributed by atoms with van der Waals surface area (Å²) in [5.41, 5.74) is 1.13. The minimum absolute atomic E-state index is 0.526. The third-order valence-corrected chi connectivity index (χ3v) is 4.53. The van der Waals surface area contributed by atoms with Crippen molar-refractivity contribution < 1.29 is 0 Å². The molecular weight excluding hydrogens is 262 g/mol. The molecule has 1 aliphatic heterocycles. The van der Waals surface area contributed by atoms with Crippen molar-refractivity contribution in [1.29, 1.82) is 0 Å². The van der Waals surface area contributed by atoms with Crippen LogP contribution >= 0.6 is 0 Å². The van der Waals surface area contributed by atoms with Gasteiger partial charge in [0, 0.05) is 44.2 Å². The second-order valence-corrected chi connectivity index (χ2v) is 6.32. The summed E-state index contributed by atoms with van der Waals surface area (Å²) in [5, 5.41) is 6.86. The van der Waals surface area contributed by atoms with Gasteiger partial charge in [-0.2, -0.15) is 0 Å². The quantitative estimate of drug-likeness (QED) is 0.842. The Labute approximate surface area is 127 Å². The van der Waals surface area contributed by atoms with Crippen LogP contribution in [0.4, 0.5) is 11.6 Å².